The number of nitrogens with one attached hydrogen (secondary N) is 1. The molecule has 1 aromatic heterocycles. The first-order valence-electron chi connectivity index (χ1n) is 4.34. The summed E-state index contributed by atoms with van der Waals surface area (Å²) in [5.74, 6) is 0.392. The fraction of sp³-hybridized carbons (Fsp3) is 0.222. The molecule has 0 unspecified atom stereocenters. The van der Waals surface area contributed by atoms with Crippen LogP contribution in [0.2, 0.25) is 0 Å². The van der Waals surface area contributed by atoms with E-state index in [1.807, 2.05) is 6.92 Å². The van der Waals surface area contributed by atoms with Crippen LogP contribution in [0.3, 0.4) is 0 Å². The van der Waals surface area contributed by atoms with E-state index in [9.17, 15) is 8.42 Å². The van der Waals surface area contributed by atoms with Crippen LogP contribution in [-0.4, -0.2) is 22.9 Å². The van der Waals surface area contributed by atoms with E-state index in [2.05, 4.69) is 9.97 Å². The molecule has 0 fully saturated rings. The fourth-order valence-corrected chi connectivity index (χ4v) is 2.08. The van der Waals surface area contributed by atoms with Crippen molar-refractivity contribution in [3.63, 3.8) is 0 Å². The maximum atomic E-state index is 10.7. The SMILES string of the molecule is Cc1nc2cc(CS(=O)(=O)O)ccc2[nH]1. The van der Waals surface area contributed by atoms with Crippen LogP contribution in [0.15, 0.2) is 18.2 Å². The third-order valence-corrected chi connectivity index (χ3v) is 2.71. The van der Waals surface area contributed by atoms with Gasteiger partial charge in [0.05, 0.1) is 11.0 Å². The molecule has 0 aliphatic carbocycles. The van der Waals surface area contributed by atoms with Crippen LogP contribution in [0.1, 0.15) is 11.4 Å². The van der Waals surface area contributed by atoms with Gasteiger partial charge in [-0.1, -0.05) is 6.07 Å². The van der Waals surface area contributed by atoms with Crippen molar-refractivity contribution in [3.05, 3.63) is 29.6 Å². The summed E-state index contributed by atoms with van der Waals surface area (Å²) in [7, 11) is -3.98. The zero-order chi connectivity index (χ0) is 11.1. The van der Waals surface area contributed by atoms with Crippen molar-refractivity contribution in [3.8, 4) is 0 Å². The second-order valence-corrected chi connectivity index (χ2v) is 4.85. The number of imidazole rings is 1. The van der Waals surface area contributed by atoms with Gasteiger partial charge >= 0.3 is 0 Å². The average molecular weight is 226 g/mol. The van der Waals surface area contributed by atoms with E-state index in [1.54, 1.807) is 18.2 Å². The normalized spacial score (nSPS) is 12.1. The van der Waals surface area contributed by atoms with Gasteiger partial charge in [-0.15, -0.1) is 0 Å². The Kier molecular flexibility index (Phi) is 2.24. The molecule has 80 valence electrons. The van der Waals surface area contributed by atoms with Crippen molar-refractivity contribution < 1.29 is 13.0 Å². The quantitative estimate of drug-likeness (QED) is 0.755. The Hall–Kier alpha value is -1.40. The van der Waals surface area contributed by atoms with E-state index in [1.165, 1.54) is 0 Å². The summed E-state index contributed by atoms with van der Waals surface area (Å²) >= 11 is 0. The molecule has 0 saturated carbocycles. The van der Waals surface area contributed by atoms with Gasteiger partial charge in [0.25, 0.3) is 10.1 Å². The molecular weight excluding hydrogens is 216 g/mol. The third kappa shape index (κ3) is 2.34. The van der Waals surface area contributed by atoms with Gasteiger partial charge in [-0.3, -0.25) is 4.55 Å². The van der Waals surface area contributed by atoms with E-state index in [0.29, 0.717) is 11.1 Å². The average Bonchev–Trinajstić information content (AvgIpc) is 2.40. The van der Waals surface area contributed by atoms with Crippen LogP contribution in [0.5, 0.6) is 0 Å². The number of aryl methyl sites for hydroxylation is 1. The molecule has 0 atom stereocenters. The van der Waals surface area contributed by atoms with Crippen LogP contribution < -0.4 is 0 Å². The molecule has 0 bridgehead atoms. The first-order valence-corrected chi connectivity index (χ1v) is 5.95. The molecule has 15 heavy (non-hydrogen) atoms. The Morgan fingerprint density at radius 2 is 2.20 bits per heavy atom. The lowest BCUT2D eigenvalue weighted by Crippen LogP contribution is -2.01. The Balaban J connectivity index is 2.47. The van der Waals surface area contributed by atoms with Crippen molar-refractivity contribution in [1.29, 1.82) is 0 Å². The van der Waals surface area contributed by atoms with Crippen LogP contribution >= 0.6 is 0 Å². The van der Waals surface area contributed by atoms with Gasteiger partial charge in [-0.05, 0) is 24.6 Å². The zero-order valence-electron chi connectivity index (χ0n) is 8.06. The summed E-state index contributed by atoms with van der Waals surface area (Å²) in [5.41, 5.74) is 2.08. The Bertz CT molecular complexity index is 601. The lowest BCUT2D eigenvalue weighted by atomic mass is 10.2. The summed E-state index contributed by atoms with van der Waals surface area (Å²) < 4.78 is 30.0. The van der Waals surface area contributed by atoms with Crippen LogP contribution in [0.25, 0.3) is 11.0 Å². The van der Waals surface area contributed by atoms with Gasteiger partial charge in [0, 0.05) is 0 Å². The lowest BCUT2D eigenvalue weighted by molar-refractivity contribution is 0.482. The van der Waals surface area contributed by atoms with Crippen LogP contribution in [-0.2, 0) is 15.9 Å². The highest BCUT2D eigenvalue weighted by Crippen LogP contribution is 2.14. The summed E-state index contributed by atoms with van der Waals surface area (Å²) in [6.07, 6.45) is 0. The minimum Gasteiger partial charge on any atom is -0.342 e. The van der Waals surface area contributed by atoms with Gasteiger partial charge in [-0.2, -0.15) is 8.42 Å². The summed E-state index contributed by atoms with van der Waals surface area (Å²) in [6.45, 7) is 1.82. The number of H-pyrrole nitrogens is 1. The maximum absolute atomic E-state index is 10.7. The molecule has 5 nitrogen and oxygen atoms in total. The highest BCUT2D eigenvalue weighted by molar-refractivity contribution is 7.85. The first-order chi connectivity index (χ1) is 6.94. The van der Waals surface area contributed by atoms with E-state index in [0.717, 1.165) is 11.3 Å². The Morgan fingerprint density at radius 3 is 2.87 bits per heavy atom. The molecule has 1 heterocycles. The number of hydrogen-bond acceptors (Lipinski definition) is 3. The molecule has 0 aliphatic rings. The third-order valence-electron chi connectivity index (χ3n) is 2.01. The van der Waals surface area contributed by atoms with Crippen LogP contribution in [0, 0.1) is 6.92 Å². The number of benzene rings is 1. The molecule has 0 radical (unpaired) electrons. The second kappa shape index (κ2) is 3.32. The van der Waals surface area contributed by atoms with Crippen molar-refractivity contribution in [2.45, 2.75) is 12.7 Å². The highest BCUT2D eigenvalue weighted by atomic mass is 32.2. The summed E-state index contributed by atoms with van der Waals surface area (Å²) in [5, 5.41) is 0. The number of hydrogen-bond donors (Lipinski definition) is 2. The maximum Gasteiger partial charge on any atom is 0.269 e. The molecule has 2 rings (SSSR count). The molecule has 6 heteroatoms. The molecule has 2 aromatic rings. The van der Waals surface area contributed by atoms with Crippen molar-refractivity contribution in [2.75, 3.05) is 0 Å². The van der Waals surface area contributed by atoms with Gasteiger partial charge < -0.3 is 4.98 Å². The molecule has 0 aliphatic heterocycles. The Morgan fingerprint density at radius 1 is 1.47 bits per heavy atom. The van der Waals surface area contributed by atoms with E-state index >= 15 is 0 Å². The molecular formula is C9H10N2O3S. The standard InChI is InChI=1S/C9H10N2O3S/c1-6-10-8-3-2-7(4-9(8)11-6)5-15(12,13)14/h2-4H,5H2,1H3,(H,10,11)(H,12,13,14). The van der Waals surface area contributed by atoms with E-state index < -0.39 is 10.1 Å². The number of nitrogens with zero attached hydrogens (tertiary/aromatic N) is 1. The number of aromatic nitrogens is 2. The van der Waals surface area contributed by atoms with Gasteiger partial charge in [0.1, 0.15) is 11.6 Å². The van der Waals surface area contributed by atoms with Crippen molar-refractivity contribution in [2.24, 2.45) is 0 Å². The highest BCUT2D eigenvalue weighted by Gasteiger charge is 2.08. The molecule has 0 saturated heterocycles. The van der Waals surface area contributed by atoms with E-state index in [-0.39, 0.29) is 5.75 Å². The van der Waals surface area contributed by atoms with Gasteiger partial charge in [0.2, 0.25) is 0 Å². The predicted molar refractivity (Wildman–Crippen MR) is 56.1 cm³/mol. The number of aromatic amines is 1. The number of fused-ring (bicyclic) bond motifs is 1. The largest absolute Gasteiger partial charge is 0.342 e. The molecule has 0 spiro atoms. The predicted octanol–water partition coefficient (Wildman–Crippen LogP) is 1.26. The zero-order valence-corrected chi connectivity index (χ0v) is 8.87. The fourth-order valence-electron chi connectivity index (χ4n) is 1.48. The first kappa shape index (κ1) is 10.1. The lowest BCUT2D eigenvalue weighted by Gasteiger charge is -1.97. The smallest absolute Gasteiger partial charge is 0.269 e. The monoisotopic (exact) mass is 226 g/mol. The van der Waals surface area contributed by atoms with Gasteiger partial charge in [-0.25, -0.2) is 4.98 Å². The molecule has 2 N–H and O–H groups in total. The van der Waals surface area contributed by atoms with Crippen molar-refractivity contribution in [1.82, 2.24) is 9.97 Å². The van der Waals surface area contributed by atoms with Gasteiger partial charge in [0.15, 0.2) is 0 Å². The summed E-state index contributed by atoms with van der Waals surface area (Å²) in [6, 6.07) is 5.04. The number of rotatable bonds is 2. The Labute approximate surface area is 86.9 Å². The molecule has 0 amide bonds. The minimum atomic E-state index is -3.98. The van der Waals surface area contributed by atoms with Crippen LogP contribution in [0.4, 0.5) is 0 Å². The second-order valence-electron chi connectivity index (χ2n) is 3.40. The minimum absolute atomic E-state index is 0.380. The summed E-state index contributed by atoms with van der Waals surface area (Å²) in [4.78, 5) is 7.20. The van der Waals surface area contributed by atoms with Crippen molar-refractivity contribution >= 4 is 21.2 Å². The van der Waals surface area contributed by atoms with E-state index in [4.69, 9.17) is 4.55 Å². The molecule has 1 aromatic carbocycles. The topological polar surface area (TPSA) is 83.1 Å².